The van der Waals surface area contributed by atoms with Crippen LogP contribution in [-0.2, 0) is 10.4 Å². The van der Waals surface area contributed by atoms with Crippen LogP contribution in [0.2, 0.25) is 10.6 Å². The minimum atomic E-state index is -5.17. The van der Waals surface area contributed by atoms with Crippen LogP contribution in [-0.4, -0.2) is 32.5 Å². The summed E-state index contributed by atoms with van der Waals surface area (Å²) >= 11 is 10.5. The molecule has 0 saturated heterocycles. The van der Waals surface area contributed by atoms with Crippen LogP contribution in [0.4, 0.5) is 0 Å². The van der Waals surface area contributed by atoms with Gasteiger partial charge in [0.2, 0.25) is 10.6 Å². The van der Waals surface area contributed by atoms with Crippen molar-refractivity contribution in [1.29, 1.82) is 0 Å². The minimum Gasteiger partial charge on any atom is -0.759 e. The number of H-pyrrole nitrogens is 1. The molecule has 0 unspecified atom stereocenters. The molecule has 1 aromatic heterocycles. The third-order valence-corrected chi connectivity index (χ3v) is 0.942. The van der Waals surface area contributed by atoms with E-state index in [1.807, 2.05) is 0 Å². The molecule has 13 heteroatoms. The molecule has 0 spiro atoms. The first-order valence-corrected chi connectivity index (χ1v) is 4.73. The predicted molar refractivity (Wildman–Crippen MR) is 43.1 cm³/mol. The first-order chi connectivity index (χ1) is 6.18. The van der Waals surface area contributed by atoms with E-state index < -0.39 is 16.1 Å². The van der Waals surface area contributed by atoms with Crippen LogP contribution in [0, 0.1) is 0 Å². The maximum atomic E-state index is 10.3. The molecule has 1 aromatic rings. The molecule has 8 nitrogen and oxygen atoms in total. The number of aromatic amines is 1. The van der Waals surface area contributed by atoms with Gasteiger partial charge in [0.05, 0.1) is 0 Å². The van der Waals surface area contributed by atoms with Gasteiger partial charge in [-0.25, -0.2) is 4.79 Å². The van der Waals surface area contributed by atoms with Gasteiger partial charge in [0, 0.05) is 10.4 Å². The van der Waals surface area contributed by atoms with Gasteiger partial charge in [-0.1, -0.05) is 0 Å². The first kappa shape index (κ1) is 22.4. The maximum absolute atomic E-state index is 10.3. The van der Waals surface area contributed by atoms with Gasteiger partial charge in [-0.15, -0.1) is 0 Å². The standard InChI is InChI=1S/C3HCl2N3O.2Na.H2O4S/c4-1-6-2(5)8-3(9)7-1;;;1-5(2,3)4/h(H,6,7,8,9);;;(H2,1,2,3,4)/q;2*+1;/p-2. The molecule has 0 aliphatic rings. The van der Waals surface area contributed by atoms with E-state index in [0.717, 1.165) is 0 Å². The van der Waals surface area contributed by atoms with E-state index >= 15 is 0 Å². The van der Waals surface area contributed by atoms with Gasteiger partial charge in [-0.3, -0.25) is 13.4 Å². The van der Waals surface area contributed by atoms with Crippen molar-refractivity contribution < 1.29 is 76.6 Å². The van der Waals surface area contributed by atoms with Gasteiger partial charge in [0.1, 0.15) is 0 Å². The van der Waals surface area contributed by atoms with Gasteiger partial charge in [0.15, 0.2) is 0 Å². The van der Waals surface area contributed by atoms with Crippen molar-refractivity contribution in [3.63, 3.8) is 0 Å². The van der Waals surface area contributed by atoms with Gasteiger partial charge in [-0.2, -0.15) is 9.97 Å². The van der Waals surface area contributed by atoms with E-state index in [4.69, 9.17) is 40.7 Å². The van der Waals surface area contributed by atoms with E-state index in [1.165, 1.54) is 0 Å². The largest absolute Gasteiger partial charge is 1.00 e. The van der Waals surface area contributed by atoms with E-state index in [-0.39, 0.29) is 69.7 Å². The van der Waals surface area contributed by atoms with Crippen LogP contribution < -0.4 is 64.8 Å². The number of hydrogen-bond acceptors (Lipinski definition) is 7. The van der Waals surface area contributed by atoms with E-state index in [2.05, 4.69) is 15.0 Å². The second kappa shape index (κ2) is 10.2. The van der Waals surface area contributed by atoms with Crippen LogP contribution >= 0.6 is 23.2 Å². The molecule has 0 atom stereocenters. The summed E-state index contributed by atoms with van der Waals surface area (Å²) < 4.78 is 34.1. The van der Waals surface area contributed by atoms with Crippen LogP contribution in [0.3, 0.4) is 0 Å². The fourth-order valence-corrected chi connectivity index (χ4v) is 0.699. The molecule has 0 aliphatic carbocycles. The Labute approximate surface area is 144 Å². The molecular weight excluding hydrogens is 307 g/mol. The average Bonchev–Trinajstić information content (AvgIpc) is 1.77. The molecule has 1 N–H and O–H groups in total. The average molecular weight is 308 g/mol. The zero-order valence-corrected chi connectivity index (χ0v) is 14.4. The minimum absolute atomic E-state index is 0. The Morgan fingerprint density at radius 3 is 1.75 bits per heavy atom. The van der Waals surface area contributed by atoms with E-state index in [9.17, 15) is 4.79 Å². The van der Waals surface area contributed by atoms with Crippen molar-refractivity contribution in [2.45, 2.75) is 0 Å². The van der Waals surface area contributed by atoms with Crippen molar-refractivity contribution in [2.75, 3.05) is 0 Å². The molecule has 0 bridgehead atoms. The first-order valence-electron chi connectivity index (χ1n) is 2.64. The Kier molecular flexibility index (Phi) is 14.3. The quantitative estimate of drug-likeness (QED) is 0.285. The Morgan fingerprint density at radius 2 is 1.50 bits per heavy atom. The van der Waals surface area contributed by atoms with Crippen LogP contribution in [0.15, 0.2) is 4.79 Å². The molecule has 80 valence electrons. The molecule has 1 rings (SSSR count). The van der Waals surface area contributed by atoms with Crippen molar-refractivity contribution >= 4 is 33.6 Å². The fourth-order valence-electron chi connectivity index (χ4n) is 0.334. The molecular formula is C3HCl2N3Na2O5S. The fraction of sp³-hybridized carbons (Fsp3) is 0. The number of hydrogen-bond donors (Lipinski definition) is 1. The number of nitrogens with zero attached hydrogens (tertiary/aromatic N) is 2. The Morgan fingerprint density at radius 1 is 1.12 bits per heavy atom. The predicted octanol–water partition coefficient (Wildman–Crippen LogP) is -6.86. The van der Waals surface area contributed by atoms with E-state index in [0.29, 0.717) is 0 Å². The van der Waals surface area contributed by atoms with E-state index in [1.54, 1.807) is 0 Å². The summed E-state index contributed by atoms with van der Waals surface area (Å²) in [7, 11) is -5.17. The topological polar surface area (TPSA) is 139 Å². The SMILES string of the molecule is O=S(=O)([O-])[O-].O=c1nc(Cl)nc(Cl)[nH]1.[Na+].[Na+]. The molecule has 0 radical (unpaired) electrons. The summed E-state index contributed by atoms with van der Waals surface area (Å²) in [6.07, 6.45) is 0. The second-order valence-corrected chi connectivity index (χ2v) is 3.13. The van der Waals surface area contributed by atoms with Crippen molar-refractivity contribution in [2.24, 2.45) is 0 Å². The summed E-state index contributed by atoms with van der Waals surface area (Å²) in [5, 5.41) is -0.205. The summed E-state index contributed by atoms with van der Waals surface area (Å²) in [6, 6.07) is 0. The van der Waals surface area contributed by atoms with Crippen LogP contribution in [0.5, 0.6) is 0 Å². The monoisotopic (exact) mass is 307 g/mol. The number of aromatic nitrogens is 3. The second-order valence-electron chi connectivity index (χ2n) is 1.62. The summed E-state index contributed by atoms with van der Waals surface area (Å²) in [4.78, 5) is 19.0. The van der Waals surface area contributed by atoms with Gasteiger partial charge < -0.3 is 9.11 Å². The molecule has 1 heterocycles. The molecule has 0 amide bonds. The summed E-state index contributed by atoms with van der Waals surface area (Å²) in [6.45, 7) is 0. The maximum Gasteiger partial charge on any atom is 1.00 e. The molecule has 0 saturated carbocycles. The van der Waals surface area contributed by atoms with Gasteiger partial charge in [0.25, 0.3) is 0 Å². The van der Waals surface area contributed by atoms with Gasteiger partial charge in [-0.05, 0) is 23.2 Å². The van der Waals surface area contributed by atoms with Crippen molar-refractivity contribution in [3.8, 4) is 0 Å². The van der Waals surface area contributed by atoms with Crippen molar-refractivity contribution in [1.82, 2.24) is 15.0 Å². The Balaban J connectivity index is -0.000000214. The Hall–Kier alpha value is 1.26. The molecule has 0 aliphatic heterocycles. The molecule has 16 heavy (non-hydrogen) atoms. The zero-order chi connectivity index (χ0) is 11.4. The molecule has 0 aromatic carbocycles. The third-order valence-electron chi connectivity index (χ3n) is 0.594. The number of halogens is 2. The summed E-state index contributed by atoms with van der Waals surface area (Å²) in [5.41, 5.74) is -0.597. The normalized spacial score (nSPS) is 9.00. The van der Waals surface area contributed by atoms with Gasteiger partial charge >= 0.3 is 64.8 Å². The zero-order valence-electron chi connectivity index (χ0n) is 8.10. The van der Waals surface area contributed by atoms with Crippen molar-refractivity contribution in [3.05, 3.63) is 21.1 Å². The van der Waals surface area contributed by atoms with Crippen LogP contribution in [0.25, 0.3) is 0 Å². The van der Waals surface area contributed by atoms with Crippen LogP contribution in [0.1, 0.15) is 0 Å². The summed E-state index contributed by atoms with van der Waals surface area (Å²) in [5.74, 6) is 0. The third kappa shape index (κ3) is 17.6. The Bertz CT molecular complexity index is 433. The smallest absolute Gasteiger partial charge is 0.759 e. The number of rotatable bonds is 0. The molecule has 0 fully saturated rings. The number of nitrogens with one attached hydrogen (secondary N) is 1.